The molecule has 0 amide bonds. The molecule has 0 fully saturated rings. The van der Waals surface area contributed by atoms with Gasteiger partial charge in [0, 0.05) is 50.1 Å². The molecule has 0 spiro atoms. The number of rotatable bonds is 9. The second kappa shape index (κ2) is 18.8. The Morgan fingerprint density at radius 3 is 0.889 bits per heavy atom. The van der Waals surface area contributed by atoms with Crippen LogP contribution in [0, 0.1) is 0 Å². The molecule has 0 N–H and O–H groups in total. The molecule has 5 nitrogen and oxygen atoms in total. The van der Waals surface area contributed by atoms with Crippen LogP contribution in [0.25, 0.3) is 112 Å². The molecule has 0 aliphatic heterocycles. The first-order chi connectivity index (χ1) is 39.6. The van der Waals surface area contributed by atoms with Crippen molar-refractivity contribution >= 4 is 39.1 Å². The summed E-state index contributed by atoms with van der Waals surface area (Å²) in [6.45, 7) is 9.30. The van der Waals surface area contributed by atoms with Gasteiger partial charge in [0.25, 0.3) is 0 Å². The van der Waals surface area contributed by atoms with E-state index in [2.05, 4.69) is 257 Å². The van der Waals surface area contributed by atoms with Gasteiger partial charge in [0.05, 0.1) is 44.8 Å². The number of anilines is 3. The van der Waals surface area contributed by atoms with Crippen molar-refractivity contribution in [3.8, 4) is 89.5 Å². The standard InChI is InChI=1S/C76H55N5/c1-75(2)63-20-10-8-18-59(63)61-44-38-54(46-65(61)75)73-71(77-67-22-12-14-24-69(67)79-73)52-30-26-48(27-31-52)50-34-40-57(41-35-50)81(56-16-6-5-7-17-56)58-42-36-51(37-43-58)49-28-32-53(33-29-49)72-74(80-70-25-15-13-23-68(70)78-72)55-39-45-62-60-19-9-11-21-64(60)76(3,4)66(62)47-55/h5-47H,1-4H3. The minimum absolute atomic E-state index is 0.124. The van der Waals surface area contributed by atoms with E-state index in [1.54, 1.807) is 0 Å². The summed E-state index contributed by atoms with van der Waals surface area (Å²) in [5, 5.41) is 0. The molecule has 11 aromatic carbocycles. The maximum atomic E-state index is 5.30. The van der Waals surface area contributed by atoms with Crippen molar-refractivity contribution in [2.75, 3.05) is 4.90 Å². The van der Waals surface area contributed by atoms with E-state index >= 15 is 0 Å². The molecular formula is C76H55N5. The molecule has 15 rings (SSSR count). The fraction of sp³-hybridized carbons (Fsp3) is 0.0789. The Kier molecular flexibility index (Phi) is 11.1. The molecule has 0 bridgehead atoms. The molecule has 2 aliphatic carbocycles. The highest BCUT2D eigenvalue weighted by Crippen LogP contribution is 2.52. The number of hydrogen-bond acceptors (Lipinski definition) is 5. The van der Waals surface area contributed by atoms with Crippen LogP contribution in [0.15, 0.2) is 261 Å². The molecule has 5 heteroatoms. The number of benzene rings is 11. The van der Waals surface area contributed by atoms with Gasteiger partial charge in [0.1, 0.15) is 0 Å². The number of nitrogens with zero attached hydrogens (tertiary/aromatic N) is 5. The van der Waals surface area contributed by atoms with Gasteiger partial charge >= 0.3 is 0 Å². The SMILES string of the molecule is CC1(C)c2ccccc2-c2ccc(-c3nc4ccccc4nc3-c3ccc(-c4ccc(N(c5ccccc5)c5ccc(-c6ccc(-c7nc8ccccc8nc7-c7ccc8c(c7)C(C)(C)c7ccccc7-8)cc6)cc5)cc4)cc3)cc21. The molecule has 0 saturated heterocycles. The van der Waals surface area contributed by atoms with Crippen molar-refractivity contribution in [2.24, 2.45) is 0 Å². The van der Waals surface area contributed by atoms with Crippen molar-refractivity contribution in [1.82, 2.24) is 19.9 Å². The van der Waals surface area contributed by atoms with Crippen molar-refractivity contribution in [3.05, 3.63) is 283 Å². The number of fused-ring (bicyclic) bond motifs is 8. The van der Waals surface area contributed by atoms with Gasteiger partial charge in [-0.3, -0.25) is 0 Å². The molecule has 0 unspecified atom stereocenters. The van der Waals surface area contributed by atoms with Crippen LogP contribution in [-0.4, -0.2) is 19.9 Å². The lowest BCUT2D eigenvalue weighted by Crippen LogP contribution is -2.15. The molecule has 2 aromatic heterocycles. The highest BCUT2D eigenvalue weighted by atomic mass is 15.1. The lowest BCUT2D eigenvalue weighted by Gasteiger charge is -2.26. The first kappa shape index (κ1) is 48.1. The van der Waals surface area contributed by atoms with Gasteiger partial charge in [-0.05, 0) is 140 Å². The topological polar surface area (TPSA) is 54.8 Å². The zero-order chi connectivity index (χ0) is 54.4. The Bertz CT molecular complexity index is 4320. The fourth-order valence-electron chi connectivity index (χ4n) is 12.8. The van der Waals surface area contributed by atoms with E-state index in [0.29, 0.717) is 0 Å². The lowest BCUT2D eigenvalue weighted by molar-refractivity contribution is 0.660. The Labute approximate surface area is 472 Å². The second-order valence-electron chi connectivity index (χ2n) is 22.6. The Morgan fingerprint density at radius 2 is 0.506 bits per heavy atom. The van der Waals surface area contributed by atoms with Crippen LogP contribution in [-0.2, 0) is 10.8 Å². The third-order valence-corrected chi connectivity index (χ3v) is 17.1. The van der Waals surface area contributed by atoms with Crippen molar-refractivity contribution in [2.45, 2.75) is 38.5 Å². The molecule has 0 radical (unpaired) electrons. The second-order valence-corrected chi connectivity index (χ2v) is 22.6. The minimum atomic E-state index is -0.124. The summed E-state index contributed by atoms with van der Waals surface area (Å²) in [5.74, 6) is 0. The summed E-state index contributed by atoms with van der Waals surface area (Å²) < 4.78 is 0. The van der Waals surface area contributed by atoms with E-state index in [1.807, 2.05) is 36.4 Å². The van der Waals surface area contributed by atoms with E-state index in [-0.39, 0.29) is 10.8 Å². The minimum Gasteiger partial charge on any atom is -0.311 e. The number of aromatic nitrogens is 4. The summed E-state index contributed by atoms with van der Waals surface area (Å²) in [5.41, 5.74) is 29.3. The maximum Gasteiger partial charge on any atom is 0.0973 e. The summed E-state index contributed by atoms with van der Waals surface area (Å²) in [6, 6.07) is 93.5. The van der Waals surface area contributed by atoms with E-state index in [4.69, 9.17) is 19.9 Å². The summed E-state index contributed by atoms with van der Waals surface area (Å²) >= 11 is 0. The van der Waals surface area contributed by atoms with E-state index in [0.717, 1.165) is 106 Å². The molecule has 81 heavy (non-hydrogen) atoms. The lowest BCUT2D eigenvalue weighted by atomic mass is 9.81. The molecule has 0 saturated carbocycles. The molecule has 0 atom stereocenters. The quantitative estimate of drug-likeness (QED) is 0.144. The zero-order valence-electron chi connectivity index (χ0n) is 45.6. The summed E-state index contributed by atoms with van der Waals surface area (Å²) in [7, 11) is 0. The zero-order valence-corrected chi connectivity index (χ0v) is 45.6. The van der Waals surface area contributed by atoms with E-state index in [1.165, 1.54) is 44.5 Å². The van der Waals surface area contributed by atoms with Crippen molar-refractivity contribution in [1.29, 1.82) is 0 Å². The third kappa shape index (κ3) is 8.06. The van der Waals surface area contributed by atoms with E-state index < -0.39 is 0 Å². The molecule has 2 heterocycles. The average Bonchev–Trinajstić information content (AvgIpc) is 4.02. The molecule has 384 valence electrons. The molecule has 2 aliphatic rings. The van der Waals surface area contributed by atoms with Gasteiger partial charge in [-0.2, -0.15) is 0 Å². The van der Waals surface area contributed by atoms with Gasteiger partial charge in [-0.15, -0.1) is 0 Å². The predicted octanol–water partition coefficient (Wildman–Crippen LogP) is 19.7. The van der Waals surface area contributed by atoms with Gasteiger partial charge < -0.3 is 4.90 Å². The van der Waals surface area contributed by atoms with Gasteiger partial charge in [0.2, 0.25) is 0 Å². The summed E-state index contributed by atoms with van der Waals surface area (Å²) in [6.07, 6.45) is 0. The smallest absolute Gasteiger partial charge is 0.0973 e. The first-order valence-corrected chi connectivity index (χ1v) is 27.9. The third-order valence-electron chi connectivity index (χ3n) is 17.1. The van der Waals surface area contributed by atoms with Crippen LogP contribution in [0.5, 0.6) is 0 Å². The maximum absolute atomic E-state index is 5.30. The Balaban J connectivity index is 0.710. The van der Waals surface area contributed by atoms with Crippen LogP contribution in [0.4, 0.5) is 17.1 Å². The molecular weight excluding hydrogens is 983 g/mol. The van der Waals surface area contributed by atoms with Gasteiger partial charge in [0.15, 0.2) is 0 Å². The average molecular weight is 1040 g/mol. The van der Waals surface area contributed by atoms with Crippen LogP contribution in [0.2, 0.25) is 0 Å². The Hall–Kier alpha value is -10.1. The largest absolute Gasteiger partial charge is 0.311 e. The molecule has 13 aromatic rings. The summed E-state index contributed by atoms with van der Waals surface area (Å²) in [4.78, 5) is 23.5. The van der Waals surface area contributed by atoms with Crippen LogP contribution in [0.3, 0.4) is 0 Å². The van der Waals surface area contributed by atoms with Crippen LogP contribution < -0.4 is 4.90 Å². The fourth-order valence-corrected chi connectivity index (χ4v) is 12.8. The number of para-hydroxylation sites is 5. The van der Waals surface area contributed by atoms with Gasteiger partial charge in [-0.25, -0.2) is 19.9 Å². The Morgan fingerprint density at radius 1 is 0.235 bits per heavy atom. The highest BCUT2D eigenvalue weighted by molar-refractivity contribution is 5.92. The van der Waals surface area contributed by atoms with Crippen molar-refractivity contribution in [3.63, 3.8) is 0 Å². The predicted molar refractivity (Wildman–Crippen MR) is 335 cm³/mol. The number of hydrogen-bond donors (Lipinski definition) is 0. The monoisotopic (exact) mass is 1040 g/mol. The van der Waals surface area contributed by atoms with Gasteiger partial charge in [-0.1, -0.05) is 216 Å². The highest BCUT2D eigenvalue weighted by Gasteiger charge is 2.37. The van der Waals surface area contributed by atoms with E-state index in [9.17, 15) is 0 Å². The van der Waals surface area contributed by atoms with Crippen LogP contribution >= 0.6 is 0 Å². The normalized spacial score (nSPS) is 13.4. The van der Waals surface area contributed by atoms with Crippen molar-refractivity contribution < 1.29 is 0 Å². The first-order valence-electron chi connectivity index (χ1n) is 27.9. The van der Waals surface area contributed by atoms with Crippen LogP contribution in [0.1, 0.15) is 49.9 Å².